The lowest BCUT2D eigenvalue weighted by Gasteiger charge is -2.07. The minimum absolute atomic E-state index is 0.336. The molecule has 0 aliphatic heterocycles. The van der Waals surface area contributed by atoms with Crippen molar-refractivity contribution in [3.8, 4) is 0 Å². The first kappa shape index (κ1) is 12.8. The molecule has 0 amide bonds. The smallest absolute Gasteiger partial charge is 0.223 e. The second kappa shape index (κ2) is 5.35. The molecule has 0 aliphatic rings. The Labute approximate surface area is 110 Å². The minimum Gasteiger partial charge on any atom is -0.357 e. The number of rotatable bonds is 3. The molecule has 0 aliphatic carbocycles. The van der Waals surface area contributed by atoms with Gasteiger partial charge in [0.2, 0.25) is 5.95 Å². The van der Waals surface area contributed by atoms with E-state index in [9.17, 15) is 4.39 Å². The molecule has 2 aromatic rings. The maximum Gasteiger partial charge on any atom is 0.223 e. The first-order valence-electron chi connectivity index (χ1n) is 5.55. The Morgan fingerprint density at radius 2 is 2.06 bits per heavy atom. The third kappa shape index (κ3) is 2.79. The van der Waals surface area contributed by atoms with Gasteiger partial charge in [0.15, 0.2) is 5.82 Å². The molecule has 1 aromatic heterocycles. The van der Waals surface area contributed by atoms with Crippen molar-refractivity contribution < 1.29 is 4.39 Å². The maximum atomic E-state index is 13.7. The summed E-state index contributed by atoms with van der Waals surface area (Å²) in [6, 6.07) is 6.09. The number of hydrogen-bond acceptors (Lipinski definition) is 4. The Hall–Kier alpha value is -1.62. The van der Waals surface area contributed by atoms with Crippen LogP contribution in [-0.2, 0) is 0 Å². The zero-order valence-corrected chi connectivity index (χ0v) is 11.3. The maximum absolute atomic E-state index is 13.7. The molecular formula is C13H14FN3S. The van der Waals surface area contributed by atoms with E-state index in [-0.39, 0.29) is 0 Å². The molecule has 0 atom stereocenters. The summed E-state index contributed by atoms with van der Waals surface area (Å²) in [6.07, 6.45) is 1.19. The highest BCUT2D eigenvalue weighted by Gasteiger charge is 2.10. The van der Waals surface area contributed by atoms with Gasteiger partial charge in [0, 0.05) is 11.9 Å². The van der Waals surface area contributed by atoms with Crippen LogP contribution in [0.3, 0.4) is 0 Å². The Bertz CT molecular complexity index is 572. The molecule has 3 nitrogen and oxygen atoms in total. The lowest BCUT2D eigenvalue weighted by atomic mass is 10.2. The monoisotopic (exact) mass is 263 g/mol. The predicted octanol–water partition coefficient (Wildman–Crippen LogP) is 3.43. The number of aromatic nitrogens is 2. The molecule has 0 spiro atoms. The minimum atomic E-state index is -0.403. The van der Waals surface area contributed by atoms with Gasteiger partial charge in [-0.2, -0.15) is 0 Å². The van der Waals surface area contributed by atoms with Crippen molar-refractivity contribution in [2.45, 2.75) is 23.8 Å². The van der Waals surface area contributed by atoms with Crippen LogP contribution in [0.25, 0.3) is 0 Å². The number of benzene rings is 1. The highest BCUT2D eigenvalue weighted by atomic mass is 32.2. The van der Waals surface area contributed by atoms with E-state index in [1.165, 1.54) is 18.0 Å². The molecule has 1 heterocycles. The van der Waals surface area contributed by atoms with E-state index in [2.05, 4.69) is 15.3 Å². The molecular weight excluding hydrogens is 249 g/mol. The predicted molar refractivity (Wildman–Crippen MR) is 71.6 cm³/mol. The van der Waals surface area contributed by atoms with E-state index in [1.807, 2.05) is 32.0 Å². The van der Waals surface area contributed by atoms with Gasteiger partial charge in [0.05, 0.1) is 6.20 Å². The fourth-order valence-electron chi connectivity index (χ4n) is 1.46. The van der Waals surface area contributed by atoms with Crippen LogP contribution in [0, 0.1) is 19.7 Å². The van der Waals surface area contributed by atoms with Gasteiger partial charge in [-0.1, -0.05) is 23.9 Å². The molecule has 0 saturated heterocycles. The van der Waals surface area contributed by atoms with Gasteiger partial charge in [0.1, 0.15) is 5.03 Å². The van der Waals surface area contributed by atoms with E-state index in [1.54, 1.807) is 7.05 Å². The second-order valence-corrected chi connectivity index (χ2v) is 5.00. The van der Waals surface area contributed by atoms with Crippen LogP contribution < -0.4 is 5.32 Å². The van der Waals surface area contributed by atoms with Crippen molar-refractivity contribution in [2.24, 2.45) is 0 Å². The van der Waals surface area contributed by atoms with Crippen molar-refractivity contribution in [1.29, 1.82) is 0 Å². The standard InChI is InChI=1S/C13H14FN3S/c1-8-4-5-9(2)11(6-8)18-12-10(14)7-16-13(15-3)17-12/h4-7H,1-3H3,(H,15,16,17). The molecule has 0 radical (unpaired) electrons. The van der Waals surface area contributed by atoms with Gasteiger partial charge in [-0.25, -0.2) is 14.4 Å². The van der Waals surface area contributed by atoms with Gasteiger partial charge >= 0.3 is 0 Å². The molecule has 1 aromatic carbocycles. The zero-order chi connectivity index (χ0) is 13.1. The number of hydrogen-bond donors (Lipinski definition) is 1. The SMILES string of the molecule is CNc1ncc(F)c(Sc2cc(C)ccc2C)n1. The van der Waals surface area contributed by atoms with Gasteiger partial charge in [-0.05, 0) is 31.0 Å². The fraction of sp³-hybridized carbons (Fsp3) is 0.231. The number of nitrogens with zero attached hydrogens (tertiary/aromatic N) is 2. The van der Waals surface area contributed by atoms with Crippen LogP contribution in [0.5, 0.6) is 0 Å². The molecule has 0 saturated carbocycles. The van der Waals surface area contributed by atoms with Crippen LogP contribution in [-0.4, -0.2) is 17.0 Å². The van der Waals surface area contributed by atoms with Crippen molar-refractivity contribution in [2.75, 3.05) is 12.4 Å². The molecule has 1 N–H and O–H groups in total. The van der Waals surface area contributed by atoms with Crippen LogP contribution in [0.4, 0.5) is 10.3 Å². The Morgan fingerprint density at radius 3 is 2.78 bits per heavy atom. The number of nitrogens with one attached hydrogen (secondary N) is 1. The molecule has 5 heteroatoms. The Morgan fingerprint density at radius 1 is 1.28 bits per heavy atom. The van der Waals surface area contributed by atoms with E-state index in [0.717, 1.165) is 16.0 Å². The van der Waals surface area contributed by atoms with Gasteiger partial charge in [-0.3, -0.25) is 0 Å². The van der Waals surface area contributed by atoms with E-state index in [4.69, 9.17) is 0 Å². The van der Waals surface area contributed by atoms with Crippen LogP contribution in [0.1, 0.15) is 11.1 Å². The molecule has 0 unspecified atom stereocenters. The first-order valence-corrected chi connectivity index (χ1v) is 6.37. The lowest BCUT2D eigenvalue weighted by Crippen LogP contribution is -1.99. The topological polar surface area (TPSA) is 37.8 Å². The molecule has 0 fully saturated rings. The Kier molecular flexibility index (Phi) is 3.81. The van der Waals surface area contributed by atoms with Gasteiger partial charge in [-0.15, -0.1) is 0 Å². The number of aryl methyl sites for hydroxylation is 2. The van der Waals surface area contributed by atoms with Crippen molar-refractivity contribution in [3.05, 3.63) is 41.3 Å². The first-order chi connectivity index (χ1) is 8.60. The summed E-state index contributed by atoms with van der Waals surface area (Å²) >= 11 is 1.32. The van der Waals surface area contributed by atoms with Gasteiger partial charge in [0.25, 0.3) is 0 Å². The van der Waals surface area contributed by atoms with Crippen LogP contribution >= 0.6 is 11.8 Å². The van der Waals surface area contributed by atoms with Crippen molar-refractivity contribution >= 4 is 17.7 Å². The third-order valence-corrected chi connectivity index (χ3v) is 3.63. The Balaban J connectivity index is 2.36. The lowest BCUT2D eigenvalue weighted by molar-refractivity contribution is 0.580. The average molecular weight is 263 g/mol. The molecule has 94 valence electrons. The van der Waals surface area contributed by atoms with E-state index < -0.39 is 5.82 Å². The fourth-order valence-corrected chi connectivity index (χ4v) is 2.43. The summed E-state index contributed by atoms with van der Waals surface area (Å²) in [7, 11) is 1.71. The van der Waals surface area contributed by atoms with Gasteiger partial charge < -0.3 is 5.32 Å². The largest absolute Gasteiger partial charge is 0.357 e. The summed E-state index contributed by atoms with van der Waals surface area (Å²) in [5.41, 5.74) is 2.25. The highest BCUT2D eigenvalue weighted by molar-refractivity contribution is 7.99. The number of halogens is 1. The van der Waals surface area contributed by atoms with Crippen molar-refractivity contribution in [1.82, 2.24) is 9.97 Å². The third-order valence-electron chi connectivity index (χ3n) is 2.49. The van der Waals surface area contributed by atoms with Crippen LogP contribution in [0.2, 0.25) is 0 Å². The van der Waals surface area contributed by atoms with Crippen LogP contribution in [0.15, 0.2) is 34.3 Å². The summed E-state index contributed by atoms with van der Waals surface area (Å²) in [5, 5.41) is 3.14. The van der Waals surface area contributed by atoms with Crippen molar-refractivity contribution in [3.63, 3.8) is 0 Å². The van der Waals surface area contributed by atoms with E-state index >= 15 is 0 Å². The quantitative estimate of drug-likeness (QED) is 0.861. The molecule has 18 heavy (non-hydrogen) atoms. The summed E-state index contributed by atoms with van der Waals surface area (Å²) in [6.45, 7) is 4.01. The summed E-state index contributed by atoms with van der Waals surface area (Å²) in [5.74, 6) is 0.0177. The zero-order valence-electron chi connectivity index (χ0n) is 10.5. The normalized spacial score (nSPS) is 10.4. The second-order valence-electron chi connectivity index (χ2n) is 3.97. The number of anilines is 1. The summed E-state index contributed by atoms with van der Waals surface area (Å²) < 4.78 is 13.7. The average Bonchev–Trinajstić information content (AvgIpc) is 2.36. The summed E-state index contributed by atoms with van der Waals surface area (Å²) in [4.78, 5) is 8.96. The molecule has 0 bridgehead atoms. The van der Waals surface area contributed by atoms with E-state index in [0.29, 0.717) is 11.0 Å². The highest BCUT2D eigenvalue weighted by Crippen LogP contribution is 2.31. The molecule has 2 rings (SSSR count).